The van der Waals surface area contributed by atoms with E-state index in [1.807, 2.05) is 0 Å². The molecule has 0 rings (SSSR count). The summed E-state index contributed by atoms with van der Waals surface area (Å²) in [5.41, 5.74) is 0. The van der Waals surface area contributed by atoms with E-state index in [0.717, 1.165) is 12.8 Å². The molecule has 1 heteroatoms. The van der Waals surface area contributed by atoms with Crippen molar-refractivity contribution in [1.82, 2.24) is 0 Å². The van der Waals surface area contributed by atoms with Crippen molar-refractivity contribution < 1.29 is 4.79 Å². The Labute approximate surface area is 75.2 Å². The summed E-state index contributed by atoms with van der Waals surface area (Å²) in [5, 5.41) is 0. The van der Waals surface area contributed by atoms with Crippen molar-refractivity contribution >= 4 is 5.94 Å². The molecule has 0 aromatic rings. The lowest BCUT2D eigenvalue weighted by Crippen LogP contribution is -1.76. The number of rotatable bonds is 7. The zero-order chi connectivity index (χ0) is 9.07. The van der Waals surface area contributed by atoms with Crippen LogP contribution >= 0.6 is 0 Å². The van der Waals surface area contributed by atoms with Crippen LogP contribution in [0.4, 0.5) is 0 Å². The van der Waals surface area contributed by atoms with E-state index in [1.54, 1.807) is 12.0 Å². The van der Waals surface area contributed by atoms with Crippen LogP contribution in [0.3, 0.4) is 0 Å². The smallest absolute Gasteiger partial charge is 0.120 e. The summed E-state index contributed by atoms with van der Waals surface area (Å²) in [7, 11) is 0. The number of hydrogen-bond donors (Lipinski definition) is 0. The van der Waals surface area contributed by atoms with E-state index in [2.05, 4.69) is 19.1 Å². The SMILES string of the molecule is CC=CCCCCCCC=C=O. The second-order valence-corrected chi connectivity index (χ2v) is 2.88. The summed E-state index contributed by atoms with van der Waals surface area (Å²) in [6.07, 6.45) is 12.9. The highest BCUT2D eigenvalue weighted by Gasteiger charge is 1.86. The van der Waals surface area contributed by atoms with Crippen molar-refractivity contribution in [1.29, 1.82) is 0 Å². The van der Waals surface area contributed by atoms with Gasteiger partial charge in [-0.25, -0.2) is 4.79 Å². The standard InChI is InChI=1S/C11H18O/c1-2-3-4-5-6-7-8-9-10-11-12/h2-3,10H,4-9H2,1H3. The molecule has 0 radical (unpaired) electrons. The topological polar surface area (TPSA) is 17.1 Å². The molecule has 0 aliphatic carbocycles. The Morgan fingerprint density at radius 3 is 2.33 bits per heavy atom. The molecular weight excluding hydrogens is 148 g/mol. The summed E-state index contributed by atoms with van der Waals surface area (Å²) >= 11 is 0. The van der Waals surface area contributed by atoms with E-state index < -0.39 is 0 Å². The minimum absolute atomic E-state index is 0.896. The molecule has 0 amide bonds. The van der Waals surface area contributed by atoms with Crippen LogP contribution in [0.1, 0.15) is 45.4 Å². The van der Waals surface area contributed by atoms with Gasteiger partial charge in [-0.15, -0.1) is 0 Å². The van der Waals surface area contributed by atoms with Crippen molar-refractivity contribution in [2.24, 2.45) is 0 Å². The summed E-state index contributed by atoms with van der Waals surface area (Å²) in [6, 6.07) is 0. The highest BCUT2D eigenvalue weighted by molar-refractivity contribution is 5.44. The van der Waals surface area contributed by atoms with E-state index in [-0.39, 0.29) is 0 Å². The van der Waals surface area contributed by atoms with E-state index in [9.17, 15) is 4.79 Å². The van der Waals surface area contributed by atoms with Gasteiger partial charge in [-0.1, -0.05) is 25.0 Å². The highest BCUT2D eigenvalue weighted by Crippen LogP contribution is 2.05. The fourth-order valence-corrected chi connectivity index (χ4v) is 1.09. The molecule has 0 bridgehead atoms. The predicted molar refractivity (Wildman–Crippen MR) is 52.8 cm³/mol. The monoisotopic (exact) mass is 166 g/mol. The molecule has 0 saturated carbocycles. The van der Waals surface area contributed by atoms with Gasteiger partial charge in [0.25, 0.3) is 0 Å². The van der Waals surface area contributed by atoms with Gasteiger partial charge >= 0.3 is 0 Å². The maximum absolute atomic E-state index is 9.79. The summed E-state index contributed by atoms with van der Waals surface area (Å²) in [5.74, 6) is 1.79. The first kappa shape index (κ1) is 11.2. The molecule has 0 aromatic carbocycles. The van der Waals surface area contributed by atoms with Gasteiger partial charge in [0.15, 0.2) is 0 Å². The van der Waals surface area contributed by atoms with Gasteiger partial charge < -0.3 is 0 Å². The van der Waals surface area contributed by atoms with Crippen LogP contribution in [0.5, 0.6) is 0 Å². The number of unbranched alkanes of at least 4 members (excludes halogenated alkanes) is 5. The molecular formula is C11H18O. The van der Waals surface area contributed by atoms with Crippen LogP contribution in [0.2, 0.25) is 0 Å². The molecule has 0 heterocycles. The number of carbonyl (C=O) groups excluding carboxylic acids is 1. The van der Waals surface area contributed by atoms with Gasteiger partial charge in [0.2, 0.25) is 0 Å². The third kappa shape index (κ3) is 9.19. The van der Waals surface area contributed by atoms with E-state index in [1.165, 1.54) is 25.7 Å². The van der Waals surface area contributed by atoms with Gasteiger partial charge in [-0.2, -0.15) is 0 Å². The lowest BCUT2D eigenvalue weighted by molar-refractivity contribution is 0.567. The van der Waals surface area contributed by atoms with Crippen molar-refractivity contribution in [3.05, 3.63) is 18.2 Å². The summed E-state index contributed by atoms with van der Waals surface area (Å²) in [6.45, 7) is 2.05. The number of hydrogen-bond acceptors (Lipinski definition) is 1. The number of allylic oxidation sites excluding steroid dienone is 3. The van der Waals surface area contributed by atoms with Crippen molar-refractivity contribution in [3.8, 4) is 0 Å². The Kier molecular flexibility index (Phi) is 9.50. The minimum atomic E-state index is 0.896. The Morgan fingerprint density at radius 2 is 1.75 bits per heavy atom. The van der Waals surface area contributed by atoms with E-state index in [4.69, 9.17) is 0 Å². The molecule has 68 valence electrons. The first-order chi connectivity index (χ1) is 5.91. The van der Waals surface area contributed by atoms with Gasteiger partial charge in [-0.3, -0.25) is 0 Å². The van der Waals surface area contributed by atoms with Crippen LogP contribution in [0.25, 0.3) is 0 Å². The van der Waals surface area contributed by atoms with Crippen LogP contribution in [-0.2, 0) is 4.79 Å². The average molecular weight is 166 g/mol. The third-order valence-corrected chi connectivity index (χ3v) is 1.79. The molecule has 12 heavy (non-hydrogen) atoms. The third-order valence-electron chi connectivity index (χ3n) is 1.79. The van der Waals surface area contributed by atoms with Gasteiger partial charge in [0, 0.05) is 0 Å². The Balaban J connectivity index is 2.95. The molecule has 1 nitrogen and oxygen atoms in total. The molecule has 0 unspecified atom stereocenters. The minimum Gasteiger partial charge on any atom is -0.234 e. The lowest BCUT2D eigenvalue weighted by Gasteiger charge is -1.95. The molecule has 0 N–H and O–H groups in total. The van der Waals surface area contributed by atoms with Gasteiger partial charge in [0.1, 0.15) is 5.94 Å². The second kappa shape index (κ2) is 10.2. The molecule has 0 atom stereocenters. The fourth-order valence-electron chi connectivity index (χ4n) is 1.09. The molecule has 0 spiro atoms. The van der Waals surface area contributed by atoms with Crippen molar-refractivity contribution in [3.63, 3.8) is 0 Å². The van der Waals surface area contributed by atoms with Crippen molar-refractivity contribution in [2.45, 2.75) is 45.4 Å². The predicted octanol–water partition coefficient (Wildman–Crippen LogP) is 3.29. The van der Waals surface area contributed by atoms with Crippen molar-refractivity contribution in [2.75, 3.05) is 0 Å². The van der Waals surface area contributed by atoms with E-state index in [0.29, 0.717) is 0 Å². The zero-order valence-corrected chi connectivity index (χ0v) is 7.88. The molecule has 0 fully saturated rings. The van der Waals surface area contributed by atoms with Gasteiger partial charge in [-0.05, 0) is 38.7 Å². The first-order valence-corrected chi connectivity index (χ1v) is 4.72. The summed E-state index contributed by atoms with van der Waals surface area (Å²) in [4.78, 5) is 9.79. The van der Waals surface area contributed by atoms with Crippen LogP contribution in [0.15, 0.2) is 18.2 Å². The maximum atomic E-state index is 9.79. The Hall–Kier alpha value is -0.810. The van der Waals surface area contributed by atoms with Crippen LogP contribution < -0.4 is 0 Å². The maximum Gasteiger partial charge on any atom is 0.120 e. The molecule has 0 saturated heterocycles. The fraction of sp³-hybridized carbons (Fsp3) is 0.636. The Bertz CT molecular complexity index is 152. The normalized spacial score (nSPS) is 10.1. The molecule has 0 aliphatic rings. The van der Waals surface area contributed by atoms with Crippen LogP contribution in [-0.4, -0.2) is 5.94 Å². The average Bonchev–Trinajstić information content (AvgIpc) is 2.10. The van der Waals surface area contributed by atoms with Gasteiger partial charge in [0.05, 0.1) is 0 Å². The second-order valence-electron chi connectivity index (χ2n) is 2.88. The highest BCUT2D eigenvalue weighted by atomic mass is 16.1. The molecule has 0 aromatic heterocycles. The quantitative estimate of drug-likeness (QED) is 0.322. The lowest BCUT2D eigenvalue weighted by atomic mass is 10.1. The largest absolute Gasteiger partial charge is 0.234 e. The first-order valence-electron chi connectivity index (χ1n) is 4.72. The van der Waals surface area contributed by atoms with Crippen LogP contribution in [0, 0.1) is 0 Å². The molecule has 0 aliphatic heterocycles. The Morgan fingerprint density at radius 1 is 1.08 bits per heavy atom. The van der Waals surface area contributed by atoms with E-state index >= 15 is 0 Å². The zero-order valence-electron chi connectivity index (χ0n) is 7.88. The summed E-state index contributed by atoms with van der Waals surface area (Å²) < 4.78 is 0.